The van der Waals surface area contributed by atoms with Crippen molar-refractivity contribution in [2.45, 2.75) is 12.1 Å². The second-order valence-corrected chi connectivity index (χ2v) is 6.27. The van der Waals surface area contributed by atoms with Crippen molar-refractivity contribution in [1.29, 1.82) is 5.26 Å². The first kappa shape index (κ1) is 16.4. The third-order valence-corrected chi connectivity index (χ3v) is 4.69. The SMILES string of the molecule is N#Cc1cccc(C(=O)N2C[C@@H]3OCCN(c4ncc(F)cn4)[C@@H]3C2)c1. The second kappa shape index (κ2) is 6.69. The van der Waals surface area contributed by atoms with Crippen molar-refractivity contribution in [2.24, 2.45) is 0 Å². The van der Waals surface area contributed by atoms with E-state index < -0.39 is 5.82 Å². The molecule has 0 spiro atoms. The predicted octanol–water partition coefficient (Wildman–Crippen LogP) is 1.22. The molecule has 1 aromatic carbocycles. The molecule has 1 aromatic heterocycles. The standard InChI is InChI=1S/C18H16FN5O2/c19-14-8-21-18(22-9-14)24-4-5-26-16-11-23(10-15(16)24)17(25)13-3-1-2-12(6-13)7-20/h1-3,6,8-9,15-16H,4-5,10-11H2/t15-,16+/m1/s1. The molecule has 2 aromatic rings. The highest BCUT2D eigenvalue weighted by molar-refractivity contribution is 5.94. The summed E-state index contributed by atoms with van der Waals surface area (Å²) in [5.74, 6) is -0.190. The average molecular weight is 353 g/mol. The zero-order chi connectivity index (χ0) is 18.1. The molecule has 0 unspecified atom stereocenters. The van der Waals surface area contributed by atoms with Gasteiger partial charge in [0.05, 0.1) is 42.8 Å². The van der Waals surface area contributed by atoms with Gasteiger partial charge in [0, 0.05) is 25.2 Å². The zero-order valence-corrected chi connectivity index (χ0v) is 13.9. The molecular weight excluding hydrogens is 337 g/mol. The van der Waals surface area contributed by atoms with E-state index in [2.05, 4.69) is 9.97 Å². The molecule has 1 amide bonds. The number of halogens is 1. The molecule has 2 fully saturated rings. The van der Waals surface area contributed by atoms with Crippen molar-refractivity contribution in [3.8, 4) is 6.07 Å². The van der Waals surface area contributed by atoms with E-state index >= 15 is 0 Å². The van der Waals surface area contributed by atoms with Crippen LogP contribution in [0.15, 0.2) is 36.7 Å². The molecule has 132 valence electrons. The number of anilines is 1. The van der Waals surface area contributed by atoms with E-state index in [4.69, 9.17) is 10.00 Å². The monoisotopic (exact) mass is 353 g/mol. The lowest BCUT2D eigenvalue weighted by Crippen LogP contribution is -2.51. The number of carbonyl (C=O) groups excluding carboxylic acids is 1. The average Bonchev–Trinajstić information content (AvgIpc) is 3.12. The lowest BCUT2D eigenvalue weighted by atomic mass is 10.1. The number of nitriles is 1. The van der Waals surface area contributed by atoms with E-state index in [0.29, 0.717) is 43.3 Å². The fourth-order valence-corrected chi connectivity index (χ4v) is 3.46. The number of fused-ring (bicyclic) bond motifs is 1. The number of morpholine rings is 1. The molecule has 0 N–H and O–H groups in total. The Bertz CT molecular complexity index is 867. The second-order valence-electron chi connectivity index (χ2n) is 6.27. The summed E-state index contributed by atoms with van der Waals surface area (Å²) in [5, 5.41) is 9.02. The molecule has 26 heavy (non-hydrogen) atoms. The van der Waals surface area contributed by atoms with Crippen LogP contribution in [0.1, 0.15) is 15.9 Å². The van der Waals surface area contributed by atoms with E-state index in [9.17, 15) is 9.18 Å². The molecule has 4 rings (SSSR count). The zero-order valence-electron chi connectivity index (χ0n) is 13.9. The molecule has 2 aliphatic rings. The number of nitrogens with zero attached hydrogens (tertiary/aromatic N) is 5. The maximum absolute atomic E-state index is 13.1. The Balaban J connectivity index is 1.54. The Labute approximate surface area is 149 Å². The minimum Gasteiger partial charge on any atom is -0.372 e. The van der Waals surface area contributed by atoms with Gasteiger partial charge in [-0.05, 0) is 18.2 Å². The first-order valence-electron chi connectivity index (χ1n) is 8.31. The normalized spacial score (nSPS) is 22.0. The van der Waals surface area contributed by atoms with Crippen LogP contribution in [0.3, 0.4) is 0 Å². The van der Waals surface area contributed by atoms with Crippen LogP contribution in [-0.2, 0) is 4.74 Å². The molecule has 8 heteroatoms. The minimum atomic E-state index is -0.487. The molecular formula is C18H16FN5O2. The molecule has 7 nitrogen and oxygen atoms in total. The Kier molecular flexibility index (Phi) is 4.22. The number of likely N-dealkylation sites (tertiary alicyclic amines) is 1. The minimum absolute atomic E-state index is 0.0858. The van der Waals surface area contributed by atoms with E-state index in [1.165, 1.54) is 0 Å². The largest absolute Gasteiger partial charge is 0.372 e. The summed E-state index contributed by atoms with van der Waals surface area (Å²) in [4.78, 5) is 24.6. The summed E-state index contributed by atoms with van der Waals surface area (Å²) in [6, 6.07) is 8.61. The molecule has 0 saturated carbocycles. The molecule has 0 radical (unpaired) electrons. The van der Waals surface area contributed by atoms with Crippen LogP contribution in [0.5, 0.6) is 0 Å². The van der Waals surface area contributed by atoms with Gasteiger partial charge in [0.1, 0.15) is 0 Å². The summed E-state index contributed by atoms with van der Waals surface area (Å²) in [7, 11) is 0. The Morgan fingerprint density at radius 2 is 2.12 bits per heavy atom. The quantitative estimate of drug-likeness (QED) is 0.807. The number of rotatable bonds is 2. The van der Waals surface area contributed by atoms with Gasteiger partial charge in [0.2, 0.25) is 5.95 Å². The van der Waals surface area contributed by atoms with Crippen LogP contribution in [-0.4, -0.2) is 59.2 Å². The highest BCUT2D eigenvalue weighted by Crippen LogP contribution is 2.27. The van der Waals surface area contributed by atoms with Gasteiger partial charge in [0.15, 0.2) is 5.82 Å². The van der Waals surface area contributed by atoms with Crippen molar-refractivity contribution in [3.05, 3.63) is 53.6 Å². The van der Waals surface area contributed by atoms with Gasteiger partial charge in [-0.3, -0.25) is 4.79 Å². The van der Waals surface area contributed by atoms with Gasteiger partial charge in [-0.25, -0.2) is 14.4 Å². The number of carbonyl (C=O) groups is 1. The van der Waals surface area contributed by atoms with E-state index in [0.717, 1.165) is 12.4 Å². The van der Waals surface area contributed by atoms with Crippen LogP contribution in [0.25, 0.3) is 0 Å². The van der Waals surface area contributed by atoms with Crippen LogP contribution in [0, 0.1) is 17.1 Å². The number of aromatic nitrogens is 2. The van der Waals surface area contributed by atoms with Crippen LogP contribution in [0.4, 0.5) is 10.3 Å². The molecule has 0 bridgehead atoms. The highest BCUT2D eigenvalue weighted by atomic mass is 19.1. The van der Waals surface area contributed by atoms with Gasteiger partial charge in [-0.15, -0.1) is 0 Å². The fourth-order valence-electron chi connectivity index (χ4n) is 3.46. The Morgan fingerprint density at radius 1 is 1.31 bits per heavy atom. The fraction of sp³-hybridized carbons (Fsp3) is 0.333. The number of benzene rings is 1. The summed E-state index contributed by atoms with van der Waals surface area (Å²) in [6.07, 6.45) is 2.12. The lowest BCUT2D eigenvalue weighted by Gasteiger charge is -2.36. The summed E-state index contributed by atoms with van der Waals surface area (Å²) in [5.41, 5.74) is 0.928. The molecule has 2 aliphatic heterocycles. The predicted molar refractivity (Wildman–Crippen MR) is 89.9 cm³/mol. The maximum Gasteiger partial charge on any atom is 0.254 e. The van der Waals surface area contributed by atoms with Crippen molar-refractivity contribution >= 4 is 11.9 Å². The van der Waals surface area contributed by atoms with Gasteiger partial charge >= 0.3 is 0 Å². The number of amides is 1. The summed E-state index contributed by atoms with van der Waals surface area (Å²) >= 11 is 0. The number of hydrogen-bond acceptors (Lipinski definition) is 6. The summed E-state index contributed by atoms with van der Waals surface area (Å²) in [6.45, 7) is 1.99. The van der Waals surface area contributed by atoms with Crippen molar-refractivity contribution in [3.63, 3.8) is 0 Å². The molecule has 2 saturated heterocycles. The van der Waals surface area contributed by atoms with Crippen LogP contribution in [0.2, 0.25) is 0 Å². The van der Waals surface area contributed by atoms with Crippen molar-refractivity contribution in [1.82, 2.24) is 14.9 Å². The van der Waals surface area contributed by atoms with Gasteiger partial charge in [-0.2, -0.15) is 5.26 Å². The maximum atomic E-state index is 13.1. The smallest absolute Gasteiger partial charge is 0.254 e. The van der Waals surface area contributed by atoms with Crippen molar-refractivity contribution < 1.29 is 13.9 Å². The van der Waals surface area contributed by atoms with Gasteiger partial charge < -0.3 is 14.5 Å². The first-order chi connectivity index (χ1) is 12.7. The van der Waals surface area contributed by atoms with Crippen LogP contribution >= 0.6 is 0 Å². The van der Waals surface area contributed by atoms with E-state index in [1.807, 2.05) is 11.0 Å². The van der Waals surface area contributed by atoms with Crippen LogP contribution < -0.4 is 4.90 Å². The number of hydrogen-bond donors (Lipinski definition) is 0. The van der Waals surface area contributed by atoms with Crippen molar-refractivity contribution in [2.75, 3.05) is 31.1 Å². The van der Waals surface area contributed by atoms with Gasteiger partial charge in [0.25, 0.3) is 5.91 Å². The third-order valence-electron chi connectivity index (χ3n) is 4.69. The Hall–Kier alpha value is -3.05. The van der Waals surface area contributed by atoms with E-state index in [-0.39, 0.29) is 18.1 Å². The van der Waals surface area contributed by atoms with Gasteiger partial charge in [-0.1, -0.05) is 6.07 Å². The topological polar surface area (TPSA) is 82.4 Å². The molecule has 3 heterocycles. The third kappa shape index (κ3) is 2.97. The Morgan fingerprint density at radius 3 is 2.88 bits per heavy atom. The highest BCUT2D eigenvalue weighted by Gasteiger charge is 2.43. The summed E-state index contributed by atoms with van der Waals surface area (Å²) < 4.78 is 18.9. The molecule has 2 atom stereocenters. The first-order valence-corrected chi connectivity index (χ1v) is 8.31. The lowest BCUT2D eigenvalue weighted by molar-refractivity contribution is 0.0296. The molecule has 0 aliphatic carbocycles. The van der Waals surface area contributed by atoms with E-state index in [1.54, 1.807) is 29.2 Å². The number of ether oxygens (including phenoxy) is 1.